The maximum Gasteiger partial charge on any atom is 0.137 e. The van der Waals surface area contributed by atoms with Gasteiger partial charge in [0.15, 0.2) is 0 Å². The number of pyridine rings is 1. The zero-order valence-corrected chi connectivity index (χ0v) is 12.9. The van der Waals surface area contributed by atoms with Crippen LogP contribution >= 0.6 is 0 Å². The summed E-state index contributed by atoms with van der Waals surface area (Å²) < 4.78 is 1.91. The molecule has 1 fully saturated rings. The van der Waals surface area contributed by atoms with Crippen molar-refractivity contribution in [2.24, 2.45) is 5.41 Å². The molecule has 2 heterocycles. The smallest absolute Gasteiger partial charge is 0.137 e. The molecule has 1 N–H and O–H groups in total. The van der Waals surface area contributed by atoms with Crippen molar-refractivity contribution in [3.8, 4) is 5.82 Å². The van der Waals surface area contributed by atoms with Crippen molar-refractivity contribution in [3.05, 3.63) is 37.1 Å². The number of hydrogen-bond acceptors (Lipinski definition) is 3. The van der Waals surface area contributed by atoms with E-state index in [9.17, 15) is 0 Å². The van der Waals surface area contributed by atoms with Gasteiger partial charge < -0.3 is 5.32 Å². The predicted octanol–water partition coefficient (Wildman–Crippen LogP) is 4.04. The van der Waals surface area contributed by atoms with E-state index in [1.54, 1.807) is 12.5 Å². The Morgan fingerprint density at radius 1 is 1.24 bits per heavy atom. The fraction of sp³-hybridized carbons (Fsp3) is 0.529. The lowest BCUT2D eigenvalue weighted by Gasteiger charge is -2.22. The Bertz CT molecular complexity index is 557. The number of hydrogen-bond donors (Lipinski definition) is 1. The summed E-state index contributed by atoms with van der Waals surface area (Å²) in [4.78, 5) is 8.55. The molecular formula is C17H24N4. The highest BCUT2D eigenvalue weighted by molar-refractivity contribution is 5.44. The summed E-state index contributed by atoms with van der Waals surface area (Å²) in [5.74, 6) is 0.903. The van der Waals surface area contributed by atoms with Crippen molar-refractivity contribution in [2.75, 3.05) is 5.32 Å². The molecule has 0 bridgehead atoms. The minimum absolute atomic E-state index is 0.500. The van der Waals surface area contributed by atoms with Crippen LogP contribution in [0.4, 0.5) is 5.69 Å². The van der Waals surface area contributed by atoms with Crippen LogP contribution in [0.3, 0.4) is 0 Å². The van der Waals surface area contributed by atoms with E-state index in [-0.39, 0.29) is 0 Å². The van der Waals surface area contributed by atoms with E-state index in [4.69, 9.17) is 0 Å². The molecule has 1 atom stereocenters. The van der Waals surface area contributed by atoms with E-state index >= 15 is 0 Å². The van der Waals surface area contributed by atoms with Crippen molar-refractivity contribution < 1.29 is 0 Å². The first kappa shape index (κ1) is 14.1. The van der Waals surface area contributed by atoms with Crippen LogP contribution < -0.4 is 5.32 Å². The average molecular weight is 284 g/mol. The Morgan fingerprint density at radius 2 is 2.14 bits per heavy atom. The van der Waals surface area contributed by atoms with Gasteiger partial charge in [-0.3, -0.25) is 4.57 Å². The molecule has 0 saturated heterocycles. The molecule has 1 saturated carbocycles. The maximum absolute atomic E-state index is 4.50. The number of imidazole rings is 1. The molecule has 1 aliphatic rings. The molecule has 2 aromatic heterocycles. The second-order valence-corrected chi connectivity index (χ2v) is 6.81. The molecule has 0 aliphatic heterocycles. The minimum Gasteiger partial charge on any atom is -0.381 e. The first-order valence-corrected chi connectivity index (χ1v) is 7.83. The van der Waals surface area contributed by atoms with Gasteiger partial charge in [-0.05, 0) is 43.2 Å². The highest BCUT2D eigenvalue weighted by atomic mass is 15.1. The number of anilines is 1. The summed E-state index contributed by atoms with van der Waals surface area (Å²) in [6.07, 6.45) is 13.8. The fourth-order valence-electron chi connectivity index (χ4n) is 3.06. The van der Waals surface area contributed by atoms with Gasteiger partial charge in [0.2, 0.25) is 0 Å². The number of nitrogens with zero attached hydrogens (tertiary/aromatic N) is 3. The third-order valence-corrected chi connectivity index (χ3v) is 4.46. The SMILES string of the molecule is CC1(C)CCCC(Nc2ccc(-n3ccnc3)nc2)CC1. The van der Waals surface area contributed by atoms with Gasteiger partial charge in [0, 0.05) is 18.4 Å². The van der Waals surface area contributed by atoms with Crippen LogP contribution in [-0.4, -0.2) is 20.6 Å². The van der Waals surface area contributed by atoms with Crippen molar-refractivity contribution in [3.63, 3.8) is 0 Å². The molecule has 1 unspecified atom stereocenters. The summed E-state index contributed by atoms with van der Waals surface area (Å²) in [5, 5.41) is 3.64. The summed E-state index contributed by atoms with van der Waals surface area (Å²) >= 11 is 0. The molecule has 21 heavy (non-hydrogen) atoms. The lowest BCUT2D eigenvalue weighted by Crippen LogP contribution is -2.19. The van der Waals surface area contributed by atoms with Gasteiger partial charge in [0.1, 0.15) is 12.1 Å². The van der Waals surface area contributed by atoms with Crippen molar-refractivity contribution in [2.45, 2.75) is 52.0 Å². The zero-order valence-electron chi connectivity index (χ0n) is 12.9. The Morgan fingerprint density at radius 3 is 2.86 bits per heavy atom. The maximum atomic E-state index is 4.50. The molecule has 0 amide bonds. The second-order valence-electron chi connectivity index (χ2n) is 6.81. The number of nitrogens with one attached hydrogen (secondary N) is 1. The molecule has 3 rings (SSSR count). The van der Waals surface area contributed by atoms with Crippen LogP contribution in [0.1, 0.15) is 46.0 Å². The lowest BCUT2D eigenvalue weighted by molar-refractivity contribution is 0.313. The Kier molecular flexibility index (Phi) is 3.95. The van der Waals surface area contributed by atoms with Gasteiger partial charge in [-0.2, -0.15) is 0 Å². The van der Waals surface area contributed by atoms with Gasteiger partial charge in [0.05, 0.1) is 11.9 Å². The van der Waals surface area contributed by atoms with E-state index in [0.717, 1.165) is 11.5 Å². The van der Waals surface area contributed by atoms with Gasteiger partial charge >= 0.3 is 0 Å². The summed E-state index contributed by atoms with van der Waals surface area (Å²) in [6.45, 7) is 4.77. The normalized spacial score (nSPS) is 21.7. The largest absolute Gasteiger partial charge is 0.381 e. The minimum atomic E-state index is 0.500. The molecular weight excluding hydrogens is 260 g/mol. The third-order valence-electron chi connectivity index (χ3n) is 4.46. The molecule has 2 aromatic rings. The van der Waals surface area contributed by atoms with Gasteiger partial charge in [0.25, 0.3) is 0 Å². The van der Waals surface area contributed by atoms with Crippen LogP contribution in [0.2, 0.25) is 0 Å². The molecule has 0 spiro atoms. The summed E-state index contributed by atoms with van der Waals surface area (Å²) in [6, 6.07) is 4.72. The Hall–Kier alpha value is -1.84. The highest BCUT2D eigenvalue weighted by Crippen LogP contribution is 2.34. The van der Waals surface area contributed by atoms with E-state index in [2.05, 4.69) is 35.2 Å². The first-order chi connectivity index (χ1) is 10.1. The molecule has 4 nitrogen and oxygen atoms in total. The van der Waals surface area contributed by atoms with E-state index < -0.39 is 0 Å². The topological polar surface area (TPSA) is 42.7 Å². The van der Waals surface area contributed by atoms with Crippen molar-refractivity contribution in [1.29, 1.82) is 0 Å². The molecule has 4 heteroatoms. The Labute approximate surface area is 126 Å². The number of aromatic nitrogens is 3. The summed E-state index contributed by atoms with van der Waals surface area (Å²) in [7, 11) is 0. The van der Waals surface area contributed by atoms with E-state index in [0.29, 0.717) is 11.5 Å². The first-order valence-electron chi connectivity index (χ1n) is 7.83. The van der Waals surface area contributed by atoms with Gasteiger partial charge in [-0.25, -0.2) is 9.97 Å². The van der Waals surface area contributed by atoms with Crippen molar-refractivity contribution in [1.82, 2.24) is 14.5 Å². The molecule has 0 aromatic carbocycles. The van der Waals surface area contributed by atoms with Crippen LogP contribution in [0.15, 0.2) is 37.1 Å². The van der Waals surface area contributed by atoms with Crippen LogP contribution in [-0.2, 0) is 0 Å². The molecule has 0 radical (unpaired) electrons. The van der Waals surface area contributed by atoms with Gasteiger partial charge in [-0.1, -0.05) is 20.3 Å². The van der Waals surface area contributed by atoms with Crippen molar-refractivity contribution >= 4 is 5.69 Å². The molecule has 112 valence electrons. The van der Waals surface area contributed by atoms with E-state index in [1.165, 1.54) is 32.1 Å². The van der Waals surface area contributed by atoms with Crippen LogP contribution in [0, 0.1) is 5.41 Å². The second kappa shape index (κ2) is 5.88. The van der Waals surface area contributed by atoms with Gasteiger partial charge in [-0.15, -0.1) is 0 Å². The average Bonchev–Trinajstić information content (AvgIpc) is 2.94. The fourth-order valence-corrected chi connectivity index (χ4v) is 3.06. The molecule has 1 aliphatic carbocycles. The zero-order chi connectivity index (χ0) is 14.7. The quantitative estimate of drug-likeness (QED) is 0.865. The van der Waals surface area contributed by atoms with Crippen LogP contribution in [0.25, 0.3) is 5.82 Å². The Balaban J connectivity index is 1.63. The monoisotopic (exact) mass is 284 g/mol. The lowest BCUT2D eigenvalue weighted by atomic mass is 9.85. The van der Waals surface area contributed by atoms with E-state index in [1.807, 2.05) is 23.0 Å². The third kappa shape index (κ3) is 3.63. The van der Waals surface area contributed by atoms with Crippen LogP contribution in [0.5, 0.6) is 0 Å². The highest BCUT2D eigenvalue weighted by Gasteiger charge is 2.24. The summed E-state index contributed by atoms with van der Waals surface area (Å²) in [5.41, 5.74) is 1.61. The number of rotatable bonds is 3. The standard InChI is InChI=1S/C17H24N4/c1-17(2)8-3-4-14(7-9-17)20-15-5-6-16(19-12-15)21-11-10-18-13-21/h5-6,10-14,20H,3-4,7-9H2,1-2H3. The predicted molar refractivity (Wildman–Crippen MR) is 85.6 cm³/mol.